The summed E-state index contributed by atoms with van der Waals surface area (Å²) in [5.41, 5.74) is 0.833. The van der Waals surface area contributed by atoms with Gasteiger partial charge in [-0.15, -0.1) is 0 Å². The first-order chi connectivity index (χ1) is 8.87. The molecule has 3 rings (SSSR count). The highest BCUT2D eigenvalue weighted by Crippen LogP contribution is 2.48. The molecule has 0 radical (unpaired) electrons. The fraction of sp³-hybridized carbons (Fsp3) is 0.462. The van der Waals surface area contributed by atoms with Gasteiger partial charge in [-0.2, -0.15) is 5.10 Å². The van der Waals surface area contributed by atoms with Crippen LogP contribution in [0, 0.1) is 5.41 Å². The lowest BCUT2D eigenvalue weighted by atomic mass is 10.1. The van der Waals surface area contributed by atoms with Crippen molar-refractivity contribution in [2.45, 2.75) is 19.4 Å². The largest absolute Gasteiger partial charge is 0.271 e. The minimum atomic E-state index is -2.93. The summed E-state index contributed by atoms with van der Waals surface area (Å²) in [6.07, 6.45) is 5.24. The first kappa shape index (κ1) is 13.1. The fourth-order valence-corrected chi connectivity index (χ4v) is 4.52. The molecule has 2 aromatic rings. The second kappa shape index (κ2) is 4.31. The van der Waals surface area contributed by atoms with E-state index in [9.17, 15) is 8.42 Å². The minimum Gasteiger partial charge on any atom is -0.271 e. The molecular weight excluding hydrogens is 328 g/mol. The highest BCUT2D eigenvalue weighted by Gasteiger charge is 2.45. The summed E-state index contributed by atoms with van der Waals surface area (Å²) in [5, 5.41) is 5.62. The molecule has 1 fully saturated rings. The van der Waals surface area contributed by atoms with Crippen molar-refractivity contribution in [1.29, 1.82) is 0 Å². The maximum atomic E-state index is 11.5. The number of benzene rings is 1. The lowest BCUT2D eigenvalue weighted by Gasteiger charge is -2.13. The molecule has 0 spiro atoms. The first-order valence-electron chi connectivity index (χ1n) is 6.16. The van der Waals surface area contributed by atoms with Crippen LogP contribution in [0.1, 0.15) is 12.8 Å². The Morgan fingerprint density at radius 1 is 1.42 bits per heavy atom. The number of fused-ring (bicyclic) bond motifs is 1. The zero-order valence-corrected chi connectivity index (χ0v) is 13.0. The van der Waals surface area contributed by atoms with E-state index in [-0.39, 0.29) is 11.2 Å². The second-order valence-electron chi connectivity index (χ2n) is 5.57. The minimum absolute atomic E-state index is 0.0951. The Hall–Kier alpha value is -0.880. The van der Waals surface area contributed by atoms with E-state index in [1.54, 1.807) is 0 Å². The predicted molar refractivity (Wildman–Crippen MR) is 78.8 cm³/mol. The van der Waals surface area contributed by atoms with E-state index < -0.39 is 9.84 Å². The van der Waals surface area contributed by atoms with Gasteiger partial charge in [0.05, 0.1) is 5.75 Å². The molecule has 0 amide bonds. The van der Waals surface area contributed by atoms with Gasteiger partial charge in [0.2, 0.25) is 0 Å². The van der Waals surface area contributed by atoms with Gasteiger partial charge in [-0.1, -0.05) is 12.1 Å². The predicted octanol–water partition coefficient (Wildman–Crippen LogP) is 2.62. The van der Waals surface area contributed by atoms with Crippen molar-refractivity contribution in [2.24, 2.45) is 5.41 Å². The molecule has 1 aromatic carbocycles. The molecule has 0 unspecified atom stereocenters. The van der Waals surface area contributed by atoms with Crippen molar-refractivity contribution < 1.29 is 8.42 Å². The zero-order valence-electron chi connectivity index (χ0n) is 10.6. The van der Waals surface area contributed by atoms with Crippen molar-refractivity contribution in [3.8, 4) is 0 Å². The molecule has 19 heavy (non-hydrogen) atoms. The Balaban J connectivity index is 1.88. The number of aromatic nitrogens is 2. The molecule has 0 bridgehead atoms. The van der Waals surface area contributed by atoms with E-state index in [0.717, 1.165) is 28.2 Å². The van der Waals surface area contributed by atoms with E-state index >= 15 is 0 Å². The molecule has 1 aliphatic carbocycles. The number of hydrogen-bond donors (Lipinski definition) is 0. The standard InChI is InChI=1S/C13H15BrN2O2S/c1-19(17,18)9-13(5-6-13)8-16-7-10-3-2-4-11(14)12(10)15-16/h2-4,7H,5-6,8-9H2,1H3. The number of hydrogen-bond acceptors (Lipinski definition) is 3. The Kier molecular flexibility index (Phi) is 2.98. The number of sulfone groups is 1. The molecule has 0 atom stereocenters. The van der Waals surface area contributed by atoms with Gasteiger partial charge in [0.25, 0.3) is 0 Å². The normalized spacial score (nSPS) is 17.8. The van der Waals surface area contributed by atoms with Gasteiger partial charge in [0, 0.05) is 34.3 Å². The number of halogens is 1. The Morgan fingerprint density at radius 3 is 2.74 bits per heavy atom. The Morgan fingerprint density at radius 2 is 2.16 bits per heavy atom. The number of rotatable bonds is 4. The second-order valence-corrected chi connectivity index (χ2v) is 8.57. The average Bonchev–Trinajstić information content (AvgIpc) is 2.87. The highest BCUT2D eigenvalue weighted by atomic mass is 79.9. The summed E-state index contributed by atoms with van der Waals surface area (Å²) >= 11 is 3.48. The Bertz CT molecular complexity index is 732. The number of nitrogens with zero attached hydrogens (tertiary/aromatic N) is 2. The summed E-state index contributed by atoms with van der Waals surface area (Å²) in [5.74, 6) is 0.261. The van der Waals surface area contributed by atoms with E-state index in [1.165, 1.54) is 6.26 Å². The van der Waals surface area contributed by atoms with Gasteiger partial charge in [0.1, 0.15) is 15.4 Å². The molecular formula is C13H15BrN2O2S. The molecule has 1 aromatic heterocycles. The maximum Gasteiger partial charge on any atom is 0.148 e. The summed E-state index contributed by atoms with van der Waals surface area (Å²) in [6, 6.07) is 5.95. The quantitative estimate of drug-likeness (QED) is 0.858. The molecule has 0 N–H and O–H groups in total. The van der Waals surface area contributed by atoms with Crippen molar-refractivity contribution >= 4 is 36.7 Å². The van der Waals surface area contributed by atoms with E-state index in [1.807, 2.05) is 29.1 Å². The third-order valence-electron chi connectivity index (χ3n) is 3.56. The van der Waals surface area contributed by atoms with Crippen molar-refractivity contribution in [3.05, 3.63) is 28.9 Å². The van der Waals surface area contributed by atoms with Crippen LogP contribution >= 0.6 is 15.9 Å². The first-order valence-corrected chi connectivity index (χ1v) is 9.02. The smallest absolute Gasteiger partial charge is 0.148 e. The topological polar surface area (TPSA) is 52.0 Å². The van der Waals surface area contributed by atoms with Crippen LogP contribution in [0.2, 0.25) is 0 Å². The van der Waals surface area contributed by atoms with Gasteiger partial charge >= 0.3 is 0 Å². The summed E-state index contributed by atoms with van der Waals surface area (Å²) < 4.78 is 25.8. The average molecular weight is 343 g/mol. The lowest BCUT2D eigenvalue weighted by molar-refractivity contribution is 0.433. The third-order valence-corrected chi connectivity index (χ3v) is 5.33. The monoisotopic (exact) mass is 342 g/mol. The Labute approximate surface area is 120 Å². The van der Waals surface area contributed by atoms with Gasteiger partial charge in [0.15, 0.2) is 0 Å². The van der Waals surface area contributed by atoms with Crippen molar-refractivity contribution in [2.75, 3.05) is 12.0 Å². The van der Waals surface area contributed by atoms with Crippen molar-refractivity contribution in [3.63, 3.8) is 0 Å². The van der Waals surface area contributed by atoms with Crippen LogP contribution in [0.15, 0.2) is 28.9 Å². The summed E-state index contributed by atoms with van der Waals surface area (Å²) in [7, 11) is -2.93. The highest BCUT2D eigenvalue weighted by molar-refractivity contribution is 9.10. The molecule has 1 aliphatic rings. The van der Waals surface area contributed by atoms with E-state index in [0.29, 0.717) is 6.54 Å². The zero-order chi connectivity index (χ0) is 13.7. The van der Waals surface area contributed by atoms with Crippen LogP contribution in [0.5, 0.6) is 0 Å². The molecule has 4 nitrogen and oxygen atoms in total. The molecule has 6 heteroatoms. The van der Waals surface area contributed by atoms with Crippen molar-refractivity contribution in [1.82, 2.24) is 9.78 Å². The van der Waals surface area contributed by atoms with Crippen LogP contribution in [-0.2, 0) is 16.4 Å². The van der Waals surface area contributed by atoms with Crippen LogP contribution in [0.25, 0.3) is 10.9 Å². The van der Waals surface area contributed by atoms with Crippen LogP contribution in [0.3, 0.4) is 0 Å². The maximum absolute atomic E-state index is 11.5. The van der Waals surface area contributed by atoms with E-state index in [2.05, 4.69) is 21.0 Å². The SMILES string of the molecule is CS(=O)(=O)CC1(Cn2cc3cccc(Br)c3n2)CC1. The summed E-state index contributed by atoms with van der Waals surface area (Å²) in [4.78, 5) is 0. The summed E-state index contributed by atoms with van der Waals surface area (Å²) in [6.45, 7) is 0.682. The molecule has 0 aliphatic heterocycles. The van der Waals surface area contributed by atoms with Gasteiger partial charge in [-0.3, -0.25) is 4.68 Å². The molecule has 0 saturated heterocycles. The van der Waals surface area contributed by atoms with Crippen LogP contribution < -0.4 is 0 Å². The van der Waals surface area contributed by atoms with Gasteiger partial charge in [-0.25, -0.2) is 8.42 Å². The molecule has 1 heterocycles. The van der Waals surface area contributed by atoms with E-state index in [4.69, 9.17) is 0 Å². The molecule has 1 saturated carbocycles. The third kappa shape index (κ3) is 2.84. The van der Waals surface area contributed by atoms with Gasteiger partial charge < -0.3 is 0 Å². The van der Waals surface area contributed by atoms with Gasteiger partial charge in [-0.05, 0) is 34.8 Å². The fourth-order valence-electron chi connectivity index (χ4n) is 2.57. The van der Waals surface area contributed by atoms with Crippen LogP contribution in [-0.4, -0.2) is 30.2 Å². The van der Waals surface area contributed by atoms with Crippen LogP contribution in [0.4, 0.5) is 0 Å². The lowest BCUT2D eigenvalue weighted by Crippen LogP contribution is -2.21. The molecule has 102 valence electrons.